The third kappa shape index (κ3) is 2.36. The number of nitrogens with one attached hydrogen (secondary N) is 1. The van der Waals surface area contributed by atoms with Gasteiger partial charge in [-0.25, -0.2) is 4.98 Å². The highest BCUT2D eigenvalue weighted by molar-refractivity contribution is 7.11. The normalized spacial score (nSPS) is 22.4. The Morgan fingerprint density at radius 3 is 2.75 bits per heavy atom. The molecular formula is C9H11F3N2OS. The number of ether oxygens (including phenoxy) is 1. The number of aromatic nitrogens is 1. The van der Waals surface area contributed by atoms with Gasteiger partial charge in [0.2, 0.25) is 0 Å². The lowest BCUT2D eigenvalue weighted by molar-refractivity contribution is -0.137. The van der Waals surface area contributed by atoms with Crippen molar-refractivity contribution in [3.63, 3.8) is 0 Å². The average molecular weight is 252 g/mol. The molecule has 3 nitrogen and oxygen atoms in total. The molecule has 0 radical (unpaired) electrons. The number of morpholine rings is 1. The molecule has 7 heteroatoms. The number of thiazole rings is 1. The summed E-state index contributed by atoms with van der Waals surface area (Å²) in [6.45, 7) is 3.38. The smallest absolute Gasteiger partial charge is 0.370 e. The lowest BCUT2D eigenvalue weighted by atomic mass is 10.2. The van der Waals surface area contributed by atoms with Gasteiger partial charge in [0.15, 0.2) is 5.01 Å². The number of hydrogen-bond acceptors (Lipinski definition) is 4. The van der Waals surface area contributed by atoms with Crippen LogP contribution in [0.5, 0.6) is 0 Å². The Labute approximate surface area is 94.6 Å². The van der Waals surface area contributed by atoms with Crippen molar-refractivity contribution in [3.8, 4) is 0 Å². The molecule has 0 spiro atoms. The average Bonchev–Trinajstić information content (AvgIpc) is 2.61. The SMILES string of the molecule is Cc1nc(C(F)(F)F)sc1C1CNCCO1. The molecule has 1 unspecified atom stereocenters. The Bertz CT molecular complexity index is 371. The first kappa shape index (κ1) is 11.8. The molecule has 1 aliphatic rings. The van der Waals surface area contributed by atoms with Gasteiger partial charge in [-0.3, -0.25) is 0 Å². The van der Waals surface area contributed by atoms with Crippen molar-refractivity contribution >= 4 is 11.3 Å². The predicted molar refractivity (Wildman–Crippen MR) is 53.4 cm³/mol. The molecule has 0 aliphatic carbocycles. The molecule has 16 heavy (non-hydrogen) atoms. The number of alkyl halides is 3. The largest absolute Gasteiger partial charge is 0.443 e. The summed E-state index contributed by atoms with van der Waals surface area (Å²) in [7, 11) is 0. The number of aryl methyl sites for hydroxylation is 1. The second kappa shape index (κ2) is 4.31. The summed E-state index contributed by atoms with van der Waals surface area (Å²) < 4.78 is 42.7. The number of hydrogen-bond donors (Lipinski definition) is 1. The summed E-state index contributed by atoms with van der Waals surface area (Å²) >= 11 is 0.672. The van der Waals surface area contributed by atoms with Crippen LogP contribution in [0, 0.1) is 6.92 Å². The minimum atomic E-state index is -4.37. The highest BCUT2D eigenvalue weighted by Crippen LogP contribution is 2.37. The van der Waals surface area contributed by atoms with Crippen LogP contribution in [0.15, 0.2) is 0 Å². The van der Waals surface area contributed by atoms with Crippen LogP contribution in [-0.4, -0.2) is 24.7 Å². The van der Waals surface area contributed by atoms with Crippen LogP contribution >= 0.6 is 11.3 Å². The molecule has 0 saturated carbocycles. The van der Waals surface area contributed by atoms with Crippen molar-refractivity contribution in [2.45, 2.75) is 19.2 Å². The zero-order valence-corrected chi connectivity index (χ0v) is 9.41. The highest BCUT2D eigenvalue weighted by Gasteiger charge is 2.36. The van der Waals surface area contributed by atoms with Gasteiger partial charge in [-0.05, 0) is 6.92 Å². The first-order valence-electron chi connectivity index (χ1n) is 4.85. The summed E-state index contributed by atoms with van der Waals surface area (Å²) in [4.78, 5) is 4.11. The van der Waals surface area contributed by atoms with E-state index in [9.17, 15) is 13.2 Å². The van der Waals surface area contributed by atoms with E-state index in [4.69, 9.17) is 4.74 Å². The van der Waals surface area contributed by atoms with Gasteiger partial charge in [0.1, 0.15) is 6.10 Å². The van der Waals surface area contributed by atoms with Gasteiger partial charge in [-0.2, -0.15) is 13.2 Å². The molecule has 2 heterocycles. The zero-order valence-electron chi connectivity index (χ0n) is 8.60. The Balaban J connectivity index is 2.24. The minimum Gasteiger partial charge on any atom is -0.370 e. The van der Waals surface area contributed by atoms with E-state index in [1.54, 1.807) is 6.92 Å². The maximum atomic E-state index is 12.4. The van der Waals surface area contributed by atoms with Gasteiger partial charge in [-0.1, -0.05) is 0 Å². The van der Waals surface area contributed by atoms with E-state index in [0.29, 0.717) is 35.1 Å². The fourth-order valence-electron chi connectivity index (χ4n) is 1.56. The minimum absolute atomic E-state index is 0.303. The predicted octanol–water partition coefficient (Wildman–Crippen LogP) is 2.13. The molecule has 1 aromatic rings. The number of rotatable bonds is 1. The van der Waals surface area contributed by atoms with Gasteiger partial charge in [0.25, 0.3) is 0 Å². The van der Waals surface area contributed by atoms with Crippen molar-refractivity contribution in [1.29, 1.82) is 0 Å². The van der Waals surface area contributed by atoms with E-state index in [2.05, 4.69) is 10.3 Å². The van der Waals surface area contributed by atoms with Crippen molar-refractivity contribution < 1.29 is 17.9 Å². The van der Waals surface area contributed by atoms with Crippen molar-refractivity contribution in [2.75, 3.05) is 19.7 Å². The maximum Gasteiger partial charge on any atom is 0.443 e. The van der Waals surface area contributed by atoms with Crippen molar-refractivity contribution in [2.24, 2.45) is 0 Å². The van der Waals surface area contributed by atoms with Crippen LogP contribution in [0.2, 0.25) is 0 Å². The number of nitrogens with zero attached hydrogens (tertiary/aromatic N) is 1. The monoisotopic (exact) mass is 252 g/mol. The Kier molecular flexibility index (Phi) is 3.18. The molecule has 1 saturated heterocycles. The fourth-order valence-corrected chi connectivity index (χ4v) is 2.54. The zero-order chi connectivity index (χ0) is 11.8. The number of halogens is 3. The van der Waals surface area contributed by atoms with E-state index in [-0.39, 0.29) is 6.10 Å². The van der Waals surface area contributed by atoms with Gasteiger partial charge in [0.05, 0.1) is 17.2 Å². The van der Waals surface area contributed by atoms with Gasteiger partial charge in [0, 0.05) is 13.1 Å². The molecule has 1 aromatic heterocycles. The van der Waals surface area contributed by atoms with Crippen LogP contribution in [0.25, 0.3) is 0 Å². The summed E-state index contributed by atoms with van der Waals surface area (Å²) in [6, 6.07) is 0. The third-order valence-corrected chi connectivity index (χ3v) is 3.59. The first-order chi connectivity index (χ1) is 7.48. The van der Waals surface area contributed by atoms with Crippen LogP contribution in [0.4, 0.5) is 13.2 Å². The molecule has 90 valence electrons. The summed E-state index contributed by atoms with van der Waals surface area (Å²) in [6.07, 6.45) is -4.67. The molecule has 2 rings (SSSR count). The van der Waals surface area contributed by atoms with E-state index in [0.717, 1.165) is 6.54 Å². The standard InChI is InChI=1S/C9H11F3N2OS/c1-5-7(6-4-13-2-3-15-6)16-8(14-5)9(10,11)12/h6,13H,2-4H2,1H3. The molecule has 1 atom stereocenters. The van der Waals surface area contributed by atoms with Crippen LogP contribution < -0.4 is 5.32 Å². The first-order valence-corrected chi connectivity index (χ1v) is 5.67. The summed E-state index contributed by atoms with van der Waals surface area (Å²) in [5.41, 5.74) is 0.408. The van der Waals surface area contributed by atoms with Crippen LogP contribution in [0.3, 0.4) is 0 Å². The highest BCUT2D eigenvalue weighted by atomic mass is 32.1. The molecule has 0 aromatic carbocycles. The fraction of sp³-hybridized carbons (Fsp3) is 0.667. The Morgan fingerprint density at radius 2 is 2.25 bits per heavy atom. The third-order valence-electron chi connectivity index (χ3n) is 2.30. The Hall–Kier alpha value is -0.660. The second-order valence-corrected chi connectivity index (χ2v) is 4.56. The lowest BCUT2D eigenvalue weighted by Gasteiger charge is -2.22. The van der Waals surface area contributed by atoms with Gasteiger partial charge in [-0.15, -0.1) is 11.3 Å². The maximum absolute atomic E-state index is 12.4. The second-order valence-electron chi connectivity index (χ2n) is 3.53. The summed E-state index contributed by atoms with van der Waals surface area (Å²) in [5, 5.41) is 2.28. The molecule has 0 amide bonds. The Morgan fingerprint density at radius 1 is 1.50 bits per heavy atom. The quantitative estimate of drug-likeness (QED) is 0.831. The summed E-state index contributed by atoms with van der Waals surface area (Å²) in [5.74, 6) is 0. The van der Waals surface area contributed by atoms with Crippen LogP contribution in [0.1, 0.15) is 21.7 Å². The van der Waals surface area contributed by atoms with E-state index in [1.807, 2.05) is 0 Å². The van der Waals surface area contributed by atoms with Crippen LogP contribution in [-0.2, 0) is 10.9 Å². The van der Waals surface area contributed by atoms with Gasteiger partial charge >= 0.3 is 6.18 Å². The molecule has 0 bridgehead atoms. The van der Waals surface area contributed by atoms with Gasteiger partial charge < -0.3 is 10.1 Å². The van der Waals surface area contributed by atoms with E-state index >= 15 is 0 Å². The topological polar surface area (TPSA) is 34.2 Å². The molecule has 1 aliphatic heterocycles. The van der Waals surface area contributed by atoms with E-state index < -0.39 is 11.2 Å². The lowest BCUT2D eigenvalue weighted by Crippen LogP contribution is -2.33. The molecular weight excluding hydrogens is 241 g/mol. The van der Waals surface area contributed by atoms with Crippen molar-refractivity contribution in [1.82, 2.24) is 10.3 Å². The van der Waals surface area contributed by atoms with E-state index in [1.165, 1.54) is 0 Å². The molecule has 1 fully saturated rings. The van der Waals surface area contributed by atoms with Crippen molar-refractivity contribution in [3.05, 3.63) is 15.6 Å². The molecule has 1 N–H and O–H groups in total.